The highest BCUT2D eigenvalue weighted by molar-refractivity contribution is 5.82. The fraction of sp³-hybridized carbons (Fsp3) is 0.778. The van der Waals surface area contributed by atoms with Crippen LogP contribution in [0.5, 0.6) is 0 Å². The molecule has 1 atom stereocenters. The van der Waals surface area contributed by atoms with E-state index >= 15 is 0 Å². The first-order valence-electron chi connectivity index (χ1n) is 4.69. The molecule has 13 heavy (non-hydrogen) atoms. The molecule has 1 aliphatic heterocycles. The third-order valence-electron chi connectivity index (χ3n) is 1.83. The lowest BCUT2D eigenvalue weighted by molar-refractivity contribution is -0.143. The molecular weight excluding hydrogens is 170 g/mol. The van der Waals surface area contributed by atoms with Gasteiger partial charge in [0.25, 0.3) is 0 Å². The predicted molar refractivity (Wildman–Crippen MR) is 49.3 cm³/mol. The van der Waals surface area contributed by atoms with E-state index in [0.717, 1.165) is 6.42 Å². The van der Waals surface area contributed by atoms with Crippen molar-refractivity contribution in [2.75, 3.05) is 6.54 Å². The minimum Gasteiger partial charge on any atom is -0.481 e. The molecule has 0 aromatic carbocycles. The topological polar surface area (TPSA) is 66.4 Å². The molecule has 4 nitrogen and oxygen atoms in total. The zero-order chi connectivity index (χ0) is 10.3. The molecule has 1 saturated heterocycles. The summed E-state index contributed by atoms with van der Waals surface area (Å²) in [5.74, 6) is -1.48. The largest absolute Gasteiger partial charge is 0.481 e. The molecular formula is C9H17NO3. The van der Waals surface area contributed by atoms with E-state index in [1.54, 1.807) is 0 Å². The summed E-state index contributed by atoms with van der Waals surface area (Å²) in [5.41, 5.74) is 0. The van der Waals surface area contributed by atoms with E-state index in [-0.39, 0.29) is 12.3 Å². The van der Waals surface area contributed by atoms with Crippen LogP contribution in [0.2, 0.25) is 0 Å². The predicted octanol–water partition coefficient (Wildman–Crippen LogP) is 1.01. The third-order valence-corrected chi connectivity index (χ3v) is 1.83. The number of aliphatic carboxylic acids is 1. The number of carbonyl (C=O) groups is 2. The Balaban J connectivity index is 0.000000671. The number of rotatable bonds is 1. The molecule has 1 aliphatic rings. The molecule has 0 aromatic heterocycles. The highest BCUT2D eigenvalue weighted by atomic mass is 16.4. The molecule has 0 radical (unpaired) electrons. The van der Waals surface area contributed by atoms with Crippen LogP contribution in [0.4, 0.5) is 0 Å². The van der Waals surface area contributed by atoms with Crippen molar-refractivity contribution >= 4 is 11.9 Å². The van der Waals surface area contributed by atoms with Crippen LogP contribution in [0.3, 0.4) is 0 Å². The van der Waals surface area contributed by atoms with Gasteiger partial charge < -0.3 is 10.4 Å². The first-order valence-corrected chi connectivity index (χ1v) is 4.69. The number of hydrogen-bond acceptors (Lipinski definition) is 2. The molecule has 0 aliphatic carbocycles. The highest BCUT2D eigenvalue weighted by Crippen LogP contribution is 2.13. The van der Waals surface area contributed by atoms with Gasteiger partial charge in [-0.15, -0.1) is 0 Å². The lowest BCUT2D eigenvalue weighted by atomic mass is 10.0. The Hall–Kier alpha value is -1.06. The summed E-state index contributed by atoms with van der Waals surface area (Å²) in [4.78, 5) is 21.3. The average molecular weight is 187 g/mol. The van der Waals surface area contributed by atoms with Crippen LogP contribution in [-0.4, -0.2) is 23.5 Å². The fourth-order valence-corrected chi connectivity index (χ4v) is 1.19. The van der Waals surface area contributed by atoms with Crippen molar-refractivity contribution in [3.63, 3.8) is 0 Å². The van der Waals surface area contributed by atoms with Crippen molar-refractivity contribution in [3.8, 4) is 0 Å². The summed E-state index contributed by atoms with van der Waals surface area (Å²) in [6.07, 6.45) is 1.51. The number of carbonyl (C=O) groups excluding carboxylic acids is 1. The molecule has 0 bridgehead atoms. The number of carboxylic acid groups (broad SMARTS) is 1. The summed E-state index contributed by atoms with van der Waals surface area (Å²) >= 11 is 0. The fourth-order valence-electron chi connectivity index (χ4n) is 1.19. The van der Waals surface area contributed by atoms with E-state index in [2.05, 4.69) is 5.32 Å². The molecule has 1 unspecified atom stereocenters. The van der Waals surface area contributed by atoms with Crippen LogP contribution in [-0.2, 0) is 9.59 Å². The molecule has 0 saturated carbocycles. The Kier molecular flexibility index (Phi) is 5.93. The first-order chi connectivity index (χ1) is 6.20. The standard InChI is InChI=1S/C7H11NO3.C2H6/c9-6-4-5(7(10)11)2-1-3-8-6;1-2/h5H,1-4H2,(H,8,9)(H,10,11);1-2H3. The van der Waals surface area contributed by atoms with Crippen molar-refractivity contribution in [3.05, 3.63) is 0 Å². The average Bonchev–Trinajstić information content (AvgIpc) is 2.33. The van der Waals surface area contributed by atoms with E-state index in [9.17, 15) is 9.59 Å². The molecule has 0 aromatic rings. The maximum atomic E-state index is 10.8. The molecule has 1 fully saturated rings. The highest BCUT2D eigenvalue weighted by Gasteiger charge is 2.22. The number of amides is 1. The number of nitrogens with one attached hydrogen (secondary N) is 1. The van der Waals surface area contributed by atoms with Crippen LogP contribution < -0.4 is 5.32 Å². The monoisotopic (exact) mass is 187 g/mol. The second-order valence-corrected chi connectivity index (χ2v) is 2.73. The van der Waals surface area contributed by atoms with Crippen LogP contribution in [0.1, 0.15) is 33.1 Å². The minimum atomic E-state index is -0.859. The van der Waals surface area contributed by atoms with Crippen molar-refractivity contribution in [1.82, 2.24) is 5.32 Å². The van der Waals surface area contributed by atoms with Crippen LogP contribution in [0.25, 0.3) is 0 Å². The summed E-state index contributed by atoms with van der Waals surface area (Å²) < 4.78 is 0. The normalized spacial score (nSPS) is 22.0. The van der Waals surface area contributed by atoms with Crippen molar-refractivity contribution < 1.29 is 14.7 Å². The zero-order valence-corrected chi connectivity index (χ0v) is 8.17. The van der Waals surface area contributed by atoms with Crippen LogP contribution in [0, 0.1) is 5.92 Å². The molecule has 2 N–H and O–H groups in total. The Morgan fingerprint density at radius 3 is 2.69 bits per heavy atom. The molecule has 1 heterocycles. The summed E-state index contributed by atoms with van der Waals surface area (Å²) in [5, 5.41) is 11.2. The van der Waals surface area contributed by atoms with Gasteiger partial charge in [-0.2, -0.15) is 0 Å². The van der Waals surface area contributed by atoms with Gasteiger partial charge in [-0.05, 0) is 12.8 Å². The van der Waals surface area contributed by atoms with E-state index in [1.165, 1.54) is 0 Å². The van der Waals surface area contributed by atoms with Gasteiger partial charge in [-0.25, -0.2) is 0 Å². The van der Waals surface area contributed by atoms with Gasteiger partial charge in [-0.1, -0.05) is 13.8 Å². The van der Waals surface area contributed by atoms with Gasteiger partial charge in [0.15, 0.2) is 0 Å². The van der Waals surface area contributed by atoms with Crippen molar-refractivity contribution in [2.45, 2.75) is 33.1 Å². The SMILES string of the molecule is CC.O=C1CC(C(=O)O)CCCN1. The van der Waals surface area contributed by atoms with Gasteiger partial charge in [0.2, 0.25) is 5.91 Å². The second-order valence-electron chi connectivity index (χ2n) is 2.73. The van der Waals surface area contributed by atoms with E-state index in [1.807, 2.05) is 13.8 Å². The molecule has 1 rings (SSSR count). The van der Waals surface area contributed by atoms with Crippen molar-refractivity contribution in [2.24, 2.45) is 5.92 Å². The molecule has 0 spiro atoms. The zero-order valence-electron chi connectivity index (χ0n) is 8.17. The lowest BCUT2D eigenvalue weighted by Gasteiger charge is -2.04. The Bertz CT molecular complexity index is 180. The maximum absolute atomic E-state index is 10.8. The van der Waals surface area contributed by atoms with Gasteiger partial charge in [-0.3, -0.25) is 9.59 Å². The summed E-state index contributed by atoms with van der Waals surface area (Å²) in [6.45, 7) is 4.61. The Morgan fingerprint density at radius 1 is 1.54 bits per heavy atom. The molecule has 1 amide bonds. The minimum absolute atomic E-state index is 0.134. The quantitative estimate of drug-likeness (QED) is 0.644. The first kappa shape index (κ1) is 11.9. The Morgan fingerprint density at radius 2 is 2.15 bits per heavy atom. The van der Waals surface area contributed by atoms with Gasteiger partial charge in [0.05, 0.1) is 5.92 Å². The van der Waals surface area contributed by atoms with Crippen LogP contribution >= 0.6 is 0 Å². The Labute approximate surface area is 78.3 Å². The number of hydrogen-bond donors (Lipinski definition) is 2. The van der Waals surface area contributed by atoms with Crippen LogP contribution in [0.15, 0.2) is 0 Å². The smallest absolute Gasteiger partial charge is 0.307 e. The number of carboxylic acids is 1. The van der Waals surface area contributed by atoms with E-state index < -0.39 is 11.9 Å². The second kappa shape index (κ2) is 6.46. The summed E-state index contributed by atoms with van der Waals surface area (Å²) in [7, 11) is 0. The molecule has 76 valence electrons. The van der Waals surface area contributed by atoms with Gasteiger partial charge in [0, 0.05) is 13.0 Å². The lowest BCUT2D eigenvalue weighted by Crippen LogP contribution is -2.24. The maximum Gasteiger partial charge on any atom is 0.307 e. The summed E-state index contributed by atoms with van der Waals surface area (Å²) in [6, 6.07) is 0. The van der Waals surface area contributed by atoms with Gasteiger partial charge in [0.1, 0.15) is 0 Å². The van der Waals surface area contributed by atoms with E-state index in [4.69, 9.17) is 5.11 Å². The van der Waals surface area contributed by atoms with E-state index in [0.29, 0.717) is 13.0 Å². The molecule has 4 heteroatoms. The van der Waals surface area contributed by atoms with Crippen molar-refractivity contribution in [1.29, 1.82) is 0 Å². The third kappa shape index (κ3) is 4.50. The van der Waals surface area contributed by atoms with Gasteiger partial charge >= 0.3 is 5.97 Å².